The van der Waals surface area contributed by atoms with E-state index in [1.54, 1.807) is 6.20 Å². The summed E-state index contributed by atoms with van der Waals surface area (Å²) in [4.78, 5) is 14.1. The molecule has 0 aromatic carbocycles. The lowest BCUT2D eigenvalue weighted by molar-refractivity contribution is -0.131. The van der Waals surface area contributed by atoms with Gasteiger partial charge in [-0.25, -0.2) is 0 Å². The van der Waals surface area contributed by atoms with E-state index in [0.717, 1.165) is 13.1 Å². The highest BCUT2D eigenvalue weighted by atomic mass is 16.2. The normalized spacial score (nSPS) is 28.6. The van der Waals surface area contributed by atoms with Gasteiger partial charge in [0.15, 0.2) is 0 Å². The van der Waals surface area contributed by atoms with Gasteiger partial charge in [0, 0.05) is 44.5 Å². The number of amides is 1. The van der Waals surface area contributed by atoms with E-state index in [4.69, 9.17) is 0 Å². The van der Waals surface area contributed by atoms with E-state index in [1.165, 1.54) is 25.7 Å². The van der Waals surface area contributed by atoms with Crippen molar-refractivity contribution in [3.05, 3.63) is 18.5 Å². The number of nitrogens with zero attached hydrogens (tertiary/aromatic N) is 3. The zero-order valence-corrected chi connectivity index (χ0v) is 12.2. The molecule has 1 aromatic rings. The minimum atomic E-state index is 0.281. The van der Waals surface area contributed by atoms with Crippen molar-refractivity contribution in [2.45, 2.75) is 50.7 Å². The van der Waals surface area contributed by atoms with Crippen molar-refractivity contribution in [2.24, 2.45) is 5.92 Å². The number of rotatable bonds is 5. The molecule has 1 N–H and O–H groups in total. The van der Waals surface area contributed by atoms with E-state index in [9.17, 15) is 4.79 Å². The first-order valence-corrected chi connectivity index (χ1v) is 7.68. The van der Waals surface area contributed by atoms with E-state index < -0.39 is 0 Å². The monoisotopic (exact) mass is 276 g/mol. The summed E-state index contributed by atoms with van der Waals surface area (Å²) in [5.41, 5.74) is 0. The second kappa shape index (κ2) is 5.95. The summed E-state index contributed by atoms with van der Waals surface area (Å²) in [6, 6.07) is 3.24. The topological polar surface area (TPSA) is 50.2 Å². The van der Waals surface area contributed by atoms with E-state index in [-0.39, 0.29) is 5.91 Å². The van der Waals surface area contributed by atoms with Gasteiger partial charge in [0.25, 0.3) is 0 Å². The third-order valence-corrected chi connectivity index (χ3v) is 4.68. The Kier molecular flexibility index (Phi) is 4.05. The number of nitrogens with one attached hydrogen (secondary N) is 1. The Morgan fingerprint density at radius 2 is 2.15 bits per heavy atom. The second-order valence-electron chi connectivity index (χ2n) is 6.26. The molecular formula is C15H24N4O. The molecule has 2 saturated heterocycles. The first-order valence-electron chi connectivity index (χ1n) is 7.68. The predicted octanol–water partition coefficient (Wildman–Crippen LogP) is 1.26. The Morgan fingerprint density at radius 3 is 2.80 bits per heavy atom. The van der Waals surface area contributed by atoms with Gasteiger partial charge in [-0.15, -0.1) is 0 Å². The van der Waals surface area contributed by atoms with Crippen LogP contribution < -0.4 is 5.32 Å². The highest BCUT2D eigenvalue weighted by molar-refractivity contribution is 5.76. The zero-order chi connectivity index (χ0) is 13.9. The van der Waals surface area contributed by atoms with Gasteiger partial charge in [-0.05, 0) is 37.7 Å². The summed E-state index contributed by atoms with van der Waals surface area (Å²) in [6.45, 7) is 1.51. The van der Waals surface area contributed by atoms with Crippen molar-refractivity contribution in [3.8, 4) is 0 Å². The summed E-state index contributed by atoms with van der Waals surface area (Å²) < 4.78 is 1.87. The van der Waals surface area contributed by atoms with E-state index in [0.29, 0.717) is 24.4 Å². The summed E-state index contributed by atoms with van der Waals surface area (Å²) >= 11 is 0. The van der Waals surface area contributed by atoms with Crippen LogP contribution in [0.2, 0.25) is 0 Å². The Bertz CT molecular complexity index is 433. The molecule has 3 rings (SSSR count). The Morgan fingerprint density at radius 1 is 1.40 bits per heavy atom. The maximum Gasteiger partial charge on any atom is 0.222 e. The fourth-order valence-electron chi connectivity index (χ4n) is 3.55. The molecule has 110 valence electrons. The number of hydrogen-bond acceptors (Lipinski definition) is 3. The number of piperidine rings is 1. The third-order valence-electron chi connectivity index (χ3n) is 4.68. The number of aromatic nitrogens is 2. The van der Waals surface area contributed by atoms with Crippen LogP contribution in [0.5, 0.6) is 0 Å². The van der Waals surface area contributed by atoms with Crippen molar-refractivity contribution >= 4 is 5.91 Å². The van der Waals surface area contributed by atoms with Crippen LogP contribution >= 0.6 is 0 Å². The van der Waals surface area contributed by atoms with Crippen LogP contribution in [0.15, 0.2) is 18.5 Å². The lowest BCUT2D eigenvalue weighted by Gasteiger charge is -2.30. The molecule has 0 radical (unpaired) electrons. The molecule has 2 atom stereocenters. The van der Waals surface area contributed by atoms with Gasteiger partial charge in [0.2, 0.25) is 5.91 Å². The maximum absolute atomic E-state index is 12.3. The summed E-state index contributed by atoms with van der Waals surface area (Å²) in [7, 11) is 1.90. The number of likely N-dealkylation sites (N-methyl/N-ethyl adjacent to an activating group) is 1. The van der Waals surface area contributed by atoms with Crippen molar-refractivity contribution in [1.29, 1.82) is 0 Å². The molecule has 1 amide bonds. The Balaban J connectivity index is 1.44. The van der Waals surface area contributed by atoms with E-state index in [2.05, 4.69) is 10.4 Å². The van der Waals surface area contributed by atoms with Crippen molar-refractivity contribution in [1.82, 2.24) is 20.0 Å². The van der Waals surface area contributed by atoms with Crippen molar-refractivity contribution < 1.29 is 4.79 Å². The van der Waals surface area contributed by atoms with Crippen LogP contribution in [0.25, 0.3) is 0 Å². The van der Waals surface area contributed by atoms with Gasteiger partial charge >= 0.3 is 0 Å². The Hall–Kier alpha value is -1.36. The molecule has 1 aromatic heterocycles. The van der Waals surface area contributed by atoms with Crippen LogP contribution in [0.3, 0.4) is 0 Å². The standard InChI is InChI=1S/C15H24N4O/c1-18(7-8-19-6-2-5-16-19)15(20)11-12-9-13-3-4-14(10-12)17-13/h2,5-6,12-14,17H,3-4,7-11H2,1H3. The Labute approximate surface area is 120 Å². The quantitative estimate of drug-likeness (QED) is 0.881. The highest BCUT2D eigenvalue weighted by Crippen LogP contribution is 2.32. The van der Waals surface area contributed by atoms with Gasteiger partial charge < -0.3 is 10.2 Å². The molecule has 5 heteroatoms. The van der Waals surface area contributed by atoms with Crippen LogP contribution in [-0.4, -0.2) is 46.3 Å². The molecule has 5 nitrogen and oxygen atoms in total. The largest absolute Gasteiger partial charge is 0.344 e. The van der Waals surface area contributed by atoms with Crippen molar-refractivity contribution in [2.75, 3.05) is 13.6 Å². The van der Waals surface area contributed by atoms with Crippen LogP contribution in [0.1, 0.15) is 32.1 Å². The molecule has 2 aliphatic rings. The number of carbonyl (C=O) groups excluding carboxylic acids is 1. The van der Waals surface area contributed by atoms with Gasteiger partial charge in [0.05, 0.1) is 6.54 Å². The molecule has 2 bridgehead atoms. The number of fused-ring (bicyclic) bond motifs is 2. The molecule has 0 spiro atoms. The minimum absolute atomic E-state index is 0.281. The molecule has 2 fully saturated rings. The average molecular weight is 276 g/mol. The minimum Gasteiger partial charge on any atom is -0.344 e. The van der Waals surface area contributed by atoms with Crippen LogP contribution in [0, 0.1) is 5.92 Å². The third kappa shape index (κ3) is 3.20. The molecule has 0 aliphatic carbocycles. The fraction of sp³-hybridized carbons (Fsp3) is 0.733. The van der Waals surface area contributed by atoms with Crippen molar-refractivity contribution in [3.63, 3.8) is 0 Å². The lowest BCUT2D eigenvalue weighted by Crippen LogP contribution is -2.40. The van der Waals surface area contributed by atoms with E-state index >= 15 is 0 Å². The van der Waals surface area contributed by atoms with Gasteiger partial charge in [-0.3, -0.25) is 9.48 Å². The number of hydrogen-bond donors (Lipinski definition) is 1. The van der Waals surface area contributed by atoms with Gasteiger partial charge in [0.1, 0.15) is 0 Å². The average Bonchev–Trinajstić information content (AvgIpc) is 3.06. The predicted molar refractivity (Wildman–Crippen MR) is 77.2 cm³/mol. The van der Waals surface area contributed by atoms with Crippen LogP contribution in [-0.2, 0) is 11.3 Å². The van der Waals surface area contributed by atoms with Gasteiger partial charge in [-0.2, -0.15) is 5.10 Å². The lowest BCUT2D eigenvalue weighted by atomic mass is 9.89. The molecule has 3 heterocycles. The number of carbonyl (C=O) groups is 1. The summed E-state index contributed by atoms with van der Waals surface area (Å²) in [5, 5.41) is 7.79. The zero-order valence-electron chi connectivity index (χ0n) is 12.2. The summed E-state index contributed by atoms with van der Waals surface area (Å²) in [6.07, 6.45) is 9.36. The summed E-state index contributed by atoms with van der Waals surface area (Å²) in [5.74, 6) is 0.858. The molecule has 0 saturated carbocycles. The SMILES string of the molecule is CN(CCn1cccn1)C(=O)CC1CC2CCC(C1)N2. The fourth-order valence-corrected chi connectivity index (χ4v) is 3.55. The highest BCUT2D eigenvalue weighted by Gasteiger charge is 2.34. The molecular weight excluding hydrogens is 252 g/mol. The molecule has 2 aliphatic heterocycles. The molecule has 20 heavy (non-hydrogen) atoms. The van der Waals surface area contributed by atoms with E-state index in [1.807, 2.05) is 28.9 Å². The maximum atomic E-state index is 12.3. The second-order valence-corrected chi connectivity index (χ2v) is 6.26. The smallest absolute Gasteiger partial charge is 0.222 e. The first-order chi connectivity index (χ1) is 9.70. The van der Waals surface area contributed by atoms with Crippen LogP contribution in [0.4, 0.5) is 0 Å². The molecule has 2 unspecified atom stereocenters. The van der Waals surface area contributed by atoms with Gasteiger partial charge in [-0.1, -0.05) is 0 Å². The first kappa shape index (κ1) is 13.6.